The Balaban J connectivity index is 1.96. The van der Waals surface area contributed by atoms with Crippen LogP contribution in [0.2, 0.25) is 0 Å². The van der Waals surface area contributed by atoms with E-state index in [9.17, 15) is 41.0 Å². The van der Waals surface area contributed by atoms with Gasteiger partial charge in [-0.2, -0.15) is 22.0 Å². The van der Waals surface area contributed by atoms with Gasteiger partial charge in [-0.3, -0.25) is 0 Å². The third kappa shape index (κ3) is 10.6. The van der Waals surface area contributed by atoms with Crippen molar-refractivity contribution < 1.29 is 55.2 Å². The van der Waals surface area contributed by atoms with Gasteiger partial charge < -0.3 is 29.5 Å². The van der Waals surface area contributed by atoms with Crippen molar-refractivity contribution in [3.63, 3.8) is 0 Å². The SMILES string of the molecule is CCOC(Cc1ccc(OCCN(CCCOC(F)(F)C(F)(F)F)C(=O)Nc2cccc(F)c2)cc1)C(=O)O. The number of anilines is 1. The molecule has 2 aromatic rings. The van der Waals surface area contributed by atoms with Crippen molar-refractivity contribution in [2.75, 3.05) is 38.2 Å². The first-order valence-corrected chi connectivity index (χ1v) is 11.8. The number of carboxylic acids is 1. The zero-order chi connectivity index (χ0) is 29.1. The summed E-state index contributed by atoms with van der Waals surface area (Å²) >= 11 is 0. The molecule has 0 bridgehead atoms. The lowest BCUT2D eigenvalue weighted by Crippen LogP contribution is -2.41. The molecule has 2 rings (SSSR count). The average molecular weight is 566 g/mol. The van der Waals surface area contributed by atoms with Crippen molar-refractivity contribution in [2.24, 2.45) is 0 Å². The van der Waals surface area contributed by atoms with E-state index in [-0.39, 0.29) is 44.8 Å². The molecule has 1 atom stereocenters. The highest BCUT2D eigenvalue weighted by atomic mass is 19.4. The van der Waals surface area contributed by atoms with Crippen LogP contribution in [0.3, 0.4) is 0 Å². The van der Waals surface area contributed by atoms with Gasteiger partial charge in [-0.05, 0) is 49.2 Å². The summed E-state index contributed by atoms with van der Waals surface area (Å²) in [5.74, 6) is -1.34. The van der Waals surface area contributed by atoms with Crippen LogP contribution >= 0.6 is 0 Å². The molecule has 2 N–H and O–H groups in total. The van der Waals surface area contributed by atoms with E-state index in [1.165, 1.54) is 12.1 Å². The summed E-state index contributed by atoms with van der Waals surface area (Å²) in [4.78, 5) is 25.0. The van der Waals surface area contributed by atoms with Gasteiger partial charge in [-0.1, -0.05) is 18.2 Å². The second kappa shape index (κ2) is 14.6. The number of carboxylic acid groups (broad SMARTS) is 1. The number of carbonyl (C=O) groups excluding carboxylic acids is 1. The van der Waals surface area contributed by atoms with Crippen molar-refractivity contribution >= 4 is 17.7 Å². The van der Waals surface area contributed by atoms with E-state index in [4.69, 9.17) is 9.47 Å². The highest BCUT2D eigenvalue weighted by Crippen LogP contribution is 2.36. The van der Waals surface area contributed by atoms with Crippen LogP contribution in [0, 0.1) is 5.82 Å². The maximum Gasteiger partial charge on any atom is 0.482 e. The minimum Gasteiger partial charge on any atom is -0.492 e. The summed E-state index contributed by atoms with van der Waals surface area (Å²) in [6, 6.07) is 10.6. The number of urea groups is 1. The summed E-state index contributed by atoms with van der Waals surface area (Å²) < 4.78 is 90.6. The Morgan fingerprint density at radius 1 is 1.03 bits per heavy atom. The number of ether oxygens (including phenoxy) is 3. The van der Waals surface area contributed by atoms with Crippen LogP contribution in [0.4, 0.5) is 36.8 Å². The zero-order valence-corrected chi connectivity index (χ0v) is 20.8. The lowest BCUT2D eigenvalue weighted by Gasteiger charge is -2.24. The number of hydrogen-bond donors (Lipinski definition) is 2. The van der Waals surface area contributed by atoms with E-state index in [2.05, 4.69) is 10.1 Å². The average Bonchev–Trinajstić information content (AvgIpc) is 2.85. The van der Waals surface area contributed by atoms with E-state index in [1.807, 2.05) is 0 Å². The van der Waals surface area contributed by atoms with E-state index >= 15 is 0 Å². The van der Waals surface area contributed by atoms with Crippen LogP contribution in [0.5, 0.6) is 5.75 Å². The molecule has 39 heavy (non-hydrogen) atoms. The lowest BCUT2D eigenvalue weighted by atomic mass is 10.1. The minimum atomic E-state index is -5.87. The summed E-state index contributed by atoms with van der Waals surface area (Å²) in [5, 5.41) is 11.6. The number of rotatable bonds is 15. The van der Waals surface area contributed by atoms with Gasteiger partial charge in [0, 0.05) is 25.3 Å². The smallest absolute Gasteiger partial charge is 0.482 e. The molecule has 0 aromatic heterocycles. The van der Waals surface area contributed by atoms with Crippen LogP contribution in [0.15, 0.2) is 48.5 Å². The molecule has 0 radical (unpaired) electrons. The van der Waals surface area contributed by atoms with Crippen LogP contribution in [0.1, 0.15) is 18.9 Å². The number of nitrogens with one attached hydrogen (secondary N) is 1. The van der Waals surface area contributed by atoms with E-state index in [0.29, 0.717) is 11.3 Å². The Hall–Kier alpha value is -3.52. The molecule has 0 saturated carbocycles. The second-order valence-electron chi connectivity index (χ2n) is 8.12. The third-order valence-electron chi connectivity index (χ3n) is 5.17. The zero-order valence-electron chi connectivity index (χ0n) is 20.8. The number of halogens is 6. The third-order valence-corrected chi connectivity index (χ3v) is 5.17. The monoisotopic (exact) mass is 566 g/mol. The van der Waals surface area contributed by atoms with Crippen LogP contribution < -0.4 is 10.1 Å². The molecule has 2 aromatic carbocycles. The maximum atomic E-state index is 13.4. The lowest BCUT2D eigenvalue weighted by molar-refractivity contribution is -0.391. The number of nitrogens with zero attached hydrogens (tertiary/aromatic N) is 1. The Morgan fingerprint density at radius 3 is 2.31 bits per heavy atom. The van der Waals surface area contributed by atoms with Gasteiger partial charge in [-0.15, -0.1) is 0 Å². The second-order valence-corrected chi connectivity index (χ2v) is 8.12. The summed E-state index contributed by atoms with van der Waals surface area (Å²) in [6.07, 6.45) is -12.4. The van der Waals surface area contributed by atoms with Crippen molar-refractivity contribution in [3.05, 3.63) is 59.9 Å². The molecule has 0 spiro atoms. The summed E-state index contributed by atoms with van der Waals surface area (Å²) in [6.45, 7) is 0.455. The van der Waals surface area contributed by atoms with E-state index in [1.54, 1.807) is 31.2 Å². The van der Waals surface area contributed by atoms with Crippen molar-refractivity contribution in [2.45, 2.75) is 38.2 Å². The fourth-order valence-electron chi connectivity index (χ4n) is 3.25. The normalized spacial score (nSPS) is 12.6. The van der Waals surface area contributed by atoms with E-state index in [0.717, 1.165) is 17.0 Å². The molecule has 14 heteroatoms. The van der Waals surface area contributed by atoms with Gasteiger partial charge in [0.2, 0.25) is 0 Å². The fraction of sp³-hybridized carbons (Fsp3) is 0.440. The Labute approximate surface area is 220 Å². The molecule has 0 saturated heterocycles. The predicted octanol–water partition coefficient (Wildman–Crippen LogP) is 5.33. The minimum absolute atomic E-state index is 0.0911. The van der Waals surface area contributed by atoms with Crippen LogP contribution in [-0.2, 0) is 20.7 Å². The fourth-order valence-corrected chi connectivity index (χ4v) is 3.25. The van der Waals surface area contributed by atoms with Gasteiger partial charge in [0.25, 0.3) is 0 Å². The van der Waals surface area contributed by atoms with Gasteiger partial charge in [0.1, 0.15) is 18.2 Å². The molecule has 1 unspecified atom stereocenters. The maximum absolute atomic E-state index is 13.4. The molecule has 0 heterocycles. The molecule has 0 aliphatic heterocycles. The van der Waals surface area contributed by atoms with Gasteiger partial charge in [0.15, 0.2) is 6.10 Å². The highest BCUT2D eigenvalue weighted by molar-refractivity contribution is 5.89. The number of amides is 2. The van der Waals surface area contributed by atoms with Crippen molar-refractivity contribution in [1.29, 1.82) is 0 Å². The molecule has 216 valence electrons. The standard InChI is InChI=1S/C25H28F6N2O6/c1-2-37-21(22(34)35)15-17-7-9-20(10-8-17)38-14-12-33(11-4-13-39-25(30,31)24(27,28)29)23(36)32-19-6-3-5-18(26)16-19/h3,5-10,16,21H,2,4,11-15H2,1H3,(H,32,36)(H,34,35). The van der Waals surface area contributed by atoms with Crippen molar-refractivity contribution in [1.82, 2.24) is 4.90 Å². The number of hydrogen-bond acceptors (Lipinski definition) is 5. The predicted molar refractivity (Wildman–Crippen MR) is 127 cm³/mol. The Kier molecular flexibility index (Phi) is 11.9. The molecule has 0 fully saturated rings. The summed E-state index contributed by atoms with van der Waals surface area (Å²) in [5.41, 5.74) is 0.781. The van der Waals surface area contributed by atoms with Crippen molar-refractivity contribution in [3.8, 4) is 5.75 Å². The van der Waals surface area contributed by atoms with Crippen LogP contribution in [0.25, 0.3) is 0 Å². The molecule has 2 amide bonds. The first-order valence-electron chi connectivity index (χ1n) is 11.8. The topological polar surface area (TPSA) is 97.3 Å². The first kappa shape index (κ1) is 31.7. The molecule has 0 aliphatic carbocycles. The van der Waals surface area contributed by atoms with Crippen LogP contribution in [-0.4, -0.2) is 73.3 Å². The first-order chi connectivity index (χ1) is 18.3. The van der Waals surface area contributed by atoms with Gasteiger partial charge >= 0.3 is 24.3 Å². The van der Waals surface area contributed by atoms with E-state index < -0.39 is 42.8 Å². The number of carbonyl (C=O) groups is 2. The highest BCUT2D eigenvalue weighted by Gasteiger charge is 2.59. The number of aliphatic carboxylic acids is 1. The quantitative estimate of drug-likeness (QED) is 0.223. The Bertz CT molecular complexity index is 1070. The van der Waals surface area contributed by atoms with Gasteiger partial charge in [-0.25, -0.2) is 14.0 Å². The number of benzene rings is 2. The number of alkyl halides is 5. The largest absolute Gasteiger partial charge is 0.492 e. The molecular formula is C25H28F6N2O6. The molecular weight excluding hydrogens is 538 g/mol. The summed E-state index contributed by atoms with van der Waals surface area (Å²) in [7, 11) is 0. The Morgan fingerprint density at radius 2 is 1.72 bits per heavy atom. The molecule has 8 nitrogen and oxygen atoms in total. The van der Waals surface area contributed by atoms with Gasteiger partial charge in [0.05, 0.1) is 13.2 Å². The molecule has 0 aliphatic rings.